The van der Waals surface area contributed by atoms with Crippen LogP contribution in [0.5, 0.6) is 0 Å². The van der Waals surface area contributed by atoms with Crippen LogP contribution >= 0.6 is 0 Å². The van der Waals surface area contributed by atoms with E-state index in [1.54, 1.807) is 4.90 Å². The Morgan fingerprint density at radius 2 is 1.47 bits per heavy atom. The van der Waals surface area contributed by atoms with Crippen molar-refractivity contribution >= 4 is 23.5 Å². The fourth-order valence-corrected chi connectivity index (χ4v) is 6.61. The fraction of sp³-hybridized carbons (Fsp3) is 0.462. The lowest BCUT2D eigenvalue weighted by Gasteiger charge is -2.32. The van der Waals surface area contributed by atoms with Crippen molar-refractivity contribution in [2.45, 2.75) is 58.6 Å². The molecule has 250 valence electrons. The van der Waals surface area contributed by atoms with Crippen molar-refractivity contribution in [3.05, 3.63) is 90.0 Å². The molecule has 5 rings (SSSR count). The number of nitrogens with one attached hydrogen (secondary N) is 1. The van der Waals surface area contributed by atoms with Crippen LogP contribution in [0.3, 0.4) is 0 Å². The Labute approximate surface area is 280 Å². The monoisotopic (exact) mass is 638 g/mol. The van der Waals surface area contributed by atoms with Gasteiger partial charge in [0, 0.05) is 63.2 Å². The molecule has 0 saturated carbocycles. The summed E-state index contributed by atoms with van der Waals surface area (Å²) >= 11 is 0. The third-order valence-corrected chi connectivity index (χ3v) is 9.41. The molecule has 0 atom stereocenters. The Morgan fingerprint density at radius 1 is 0.830 bits per heavy atom. The first-order valence-electron chi connectivity index (χ1n) is 17.2. The number of Topliss-reactive ketones (excluding diaryl/α,β-unsaturated/α-hetero) is 1. The highest BCUT2D eigenvalue weighted by Gasteiger charge is 2.26. The summed E-state index contributed by atoms with van der Waals surface area (Å²) in [7, 11) is 1.86. The number of rotatable bonds is 12. The van der Waals surface area contributed by atoms with Gasteiger partial charge < -0.3 is 14.5 Å². The highest BCUT2D eigenvalue weighted by atomic mass is 16.6. The van der Waals surface area contributed by atoms with Crippen LogP contribution < -0.4 is 5.32 Å². The molecule has 3 aromatic rings. The smallest absolute Gasteiger partial charge is 0.411 e. The van der Waals surface area contributed by atoms with E-state index in [1.807, 2.05) is 73.8 Å². The van der Waals surface area contributed by atoms with E-state index in [4.69, 9.17) is 4.74 Å². The number of anilines is 1. The van der Waals surface area contributed by atoms with E-state index >= 15 is 0 Å². The Morgan fingerprint density at radius 3 is 2.15 bits per heavy atom. The quantitative estimate of drug-likeness (QED) is 0.231. The van der Waals surface area contributed by atoms with Crippen molar-refractivity contribution in [2.75, 3.05) is 51.6 Å². The molecular formula is C39H50N4O4. The molecule has 47 heavy (non-hydrogen) atoms. The molecule has 0 unspecified atom stereocenters. The number of carbonyl (C=O) groups excluding carboxylic acids is 3. The van der Waals surface area contributed by atoms with Gasteiger partial charge in [0.1, 0.15) is 11.9 Å². The lowest BCUT2D eigenvalue weighted by atomic mass is 9.88. The molecule has 8 heteroatoms. The van der Waals surface area contributed by atoms with Crippen molar-refractivity contribution in [2.24, 2.45) is 11.8 Å². The van der Waals surface area contributed by atoms with Crippen molar-refractivity contribution in [1.82, 2.24) is 14.7 Å². The molecule has 0 bridgehead atoms. The lowest BCUT2D eigenvalue weighted by molar-refractivity contribution is -0.125. The van der Waals surface area contributed by atoms with Gasteiger partial charge in [-0.15, -0.1) is 0 Å². The predicted molar refractivity (Wildman–Crippen MR) is 187 cm³/mol. The SMILES string of the molecule is CC(C)CC(=O)C1CCN(Cc2ccc(C(=O)N(C)CCN3CCC(OC(=O)Nc4ccccc4-c4ccccc4)CC3)cc2)CC1. The van der Waals surface area contributed by atoms with Gasteiger partial charge in [0.25, 0.3) is 5.91 Å². The van der Waals surface area contributed by atoms with Crippen molar-refractivity contribution < 1.29 is 19.1 Å². The molecule has 2 amide bonds. The summed E-state index contributed by atoms with van der Waals surface area (Å²) in [5.41, 5.74) is 4.61. The van der Waals surface area contributed by atoms with E-state index < -0.39 is 6.09 Å². The van der Waals surface area contributed by atoms with E-state index in [1.165, 1.54) is 5.56 Å². The van der Waals surface area contributed by atoms with E-state index in [0.29, 0.717) is 30.2 Å². The first-order valence-corrected chi connectivity index (χ1v) is 17.2. The van der Waals surface area contributed by atoms with Gasteiger partial charge in [-0.1, -0.05) is 74.5 Å². The number of ether oxygens (including phenoxy) is 1. The van der Waals surface area contributed by atoms with Crippen molar-refractivity contribution in [1.29, 1.82) is 0 Å². The maximum Gasteiger partial charge on any atom is 0.411 e. The third kappa shape index (κ3) is 9.99. The zero-order valence-corrected chi connectivity index (χ0v) is 28.2. The number of amides is 2. The number of likely N-dealkylation sites (N-methyl/N-ethyl adjacent to an activating group) is 1. The second-order valence-electron chi connectivity index (χ2n) is 13.5. The zero-order valence-electron chi connectivity index (χ0n) is 28.2. The molecule has 2 saturated heterocycles. The number of likely N-dealkylation sites (tertiary alicyclic amines) is 2. The van der Waals surface area contributed by atoms with Gasteiger partial charge in [0.05, 0.1) is 5.69 Å². The zero-order chi connectivity index (χ0) is 33.2. The molecule has 1 N–H and O–H groups in total. The molecule has 2 heterocycles. The van der Waals surface area contributed by atoms with Crippen LogP contribution in [-0.2, 0) is 16.1 Å². The molecule has 0 radical (unpaired) electrons. The number of benzene rings is 3. The second-order valence-corrected chi connectivity index (χ2v) is 13.5. The van der Waals surface area contributed by atoms with Gasteiger partial charge in [-0.2, -0.15) is 0 Å². The highest BCUT2D eigenvalue weighted by Crippen LogP contribution is 2.28. The highest BCUT2D eigenvalue weighted by molar-refractivity contribution is 5.94. The second kappa shape index (κ2) is 16.7. The number of hydrogen-bond donors (Lipinski definition) is 1. The molecule has 2 fully saturated rings. The van der Waals surface area contributed by atoms with Gasteiger partial charge in [-0.05, 0) is 74.0 Å². The number of carbonyl (C=O) groups is 3. The molecule has 2 aliphatic rings. The Balaban J connectivity index is 0.999. The minimum absolute atomic E-state index is 0.0201. The normalized spacial score (nSPS) is 16.6. The first-order chi connectivity index (χ1) is 22.7. The van der Waals surface area contributed by atoms with Gasteiger partial charge in [-0.3, -0.25) is 19.8 Å². The summed E-state index contributed by atoms with van der Waals surface area (Å²) in [6, 6.07) is 25.7. The molecule has 2 aliphatic heterocycles. The number of nitrogens with zero attached hydrogens (tertiary/aromatic N) is 3. The minimum Gasteiger partial charge on any atom is -0.446 e. The molecule has 3 aromatic carbocycles. The van der Waals surface area contributed by atoms with Crippen LogP contribution in [0.25, 0.3) is 11.1 Å². The van der Waals surface area contributed by atoms with Gasteiger partial charge in [0.15, 0.2) is 0 Å². The van der Waals surface area contributed by atoms with E-state index in [2.05, 4.69) is 41.1 Å². The Hall–Kier alpha value is -4.01. The van der Waals surface area contributed by atoms with Crippen LogP contribution in [0.2, 0.25) is 0 Å². The molecule has 0 spiro atoms. The summed E-state index contributed by atoms with van der Waals surface area (Å²) in [4.78, 5) is 44.8. The van der Waals surface area contributed by atoms with E-state index in [9.17, 15) is 14.4 Å². The van der Waals surface area contributed by atoms with Crippen LogP contribution in [0.15, 0.2) is 78.9 Å². The van der Waals surface area contributed by atoms with Gasteiger partial charge in [0.2, 0.25) is 0 Å². The van der Waals surface area contributed by atoms with Crippen LogP contribution in [0, 0.1) is 11.8 Å². The van der Waals surface area contributed by atoms with Gasteiger partial charge >= 0.3 is 6.09 Å². The largest absolute Gasteiger partial charge is 0.446 e. The average Bonchev–Trinajstić information content (AvgIpc) is 3.08. The fourth-order valence-electron chi connectivity index (χ4n) is 6.61. The first kappa shape index (κ1) is 34.3. The molecule has 0 aliphatic carbocycles. The Kier molecular flexibility index (Phi) is 12.2. The maximum atomic E-state index is 13.1. The topological polar surface area (TPSA) is 82.2 Å². The summed E-state index contributed by atoms with van der Waals surface area (Å²) in [6.07, 6.45) is 3.54. The van der Waals surface area contributed by atoms with Crippen molar-refractivity contribution in [3.63, 3.8) is 0 Å². The summed E-state index contributed by atoms with van der Waals surface area (Å²) < 4.78 is 5.78. The summed E-state index contributed by atoms with van der Waals surface area (Å²) in [5, 5.41) is 2.94. The number of piperidine rings is 2. The summed E-state index contributed by atoms with van der Waals surface area (Å²) in [6.45, 7) is 9.99. The van der Waals surface area contributed by atoms with Crippen LogP contribution in [-0.4, -0.2) is 84.9 Å². The minimum atomic E-state index is -0.429. The van der Waals surface area contributed by atoms with Crippen molar-refractivity contribution in [3.8, 4) is 11.1 Å². The van der Waals surface area contributed by atoms with Crippen LogP contribution in [0.4, 0.5) is 10.5 Å². The van der Waals surface area contributed by atoms with E-state index in [0.717, 1.165) is 81.8 Å². The summed E-state index contributed by atoms with van der Waals surface area (Å²) in [5.74, 6) is 1.08. The van der Waals surface area contributed by atoms with Crippen LogP contribution in [0.1, 0.15) is 61.9 Å². The standard InChI is InChI=1S/C39H50N4O4/c1-29(2)27-37(44)32-17-21-43(22-18-32)28-30-13-15-33(16-14-30)38(45)41(3)25-26-42-23-19-34(20-24-42)47-39(46)40-36-12-8-7-11-35(36)31-9-5-4-6-10-31/h4-16,29,32,34H,17-28H2,1-3H3,(H,40,46). The maximum absolute atomic E-state index is 13.1. The Bertz CT molecular complexity index is 1460. The lowest BCUT2D eigenvalue weighted by Crippen LogP contribution is -2.42. The number of para-hydroxylation sites is 1. The third-order valence-electron chi connectivity index (χ3n) is 9.41. The average molecular weight is 639 g/mol. The molecule has 8 nitrogen and oxygen atoms in total. The number of hydrogen-bond acceptors (Lipinski definition) is 6. The van der Waals surface area contributed by atoms with E-state index in [-0.39, 0.29) is 17.9 Å². The number of ketones is 1. The predicted octanol–water partition coefficient (Wildman–Crippen LogP) is 6.97. The molecule has 0 aromatic heterocycles. The molecular weight excluding hydrogens is 588 g/mol. The van der Waals surface area contributed by atoms with Gasteiger partial charge in [-0.25, -0.2) is 4.79 Å².